The molecule has 1 heterocycles. The standard InChI is InChI=1S/C14H24N4/c1-3-4-12-13(15)17-9-18-14(12)16-8-11-6-5-10(2)7-11/h9-11H,3-8H2,1-2H3,(H3,15,16,17,18). The number of anilines is 2. The summed E-state index contributed by atoms with van der Waals surface area (Å²) in [5.74, 6) is 3.21. The summed E-state index contributed by atoms with van der Waals surface area (Å²) in [6, 6.07) is 0. The number of nitrogens with one attached hydrogen (secondary N) is 1. The predicted octanol–water partition coefficient (Wildman–Crippen LogP) is 2.86. The van der Waals surface area contributed by atoms with E-state index in [-0.39, 0.29) is 0 Å². The van der Waals surface area contributed by atoms with Gasteiger partial charge in [-0.25, -0.2) is 9.97 Å². The maximum atomic E-state index is 5.92. The van der Waals surface area contributed by atoms with Crippen LogP contribution >= 0.6 is 0 Å². The Labute approximate surface area is 109 Å². The molecule has 1 fully saturated rings. The smallest absolute Gasteiger partial charge is 0.134 e. The van der Waals surface area contributed by atoms with Gasteiger partial charge in [0.2, 0.25) is 0 Å². The number of nitrogens with zero attached hydrogens (tertiary/aromatic N) is 2. The van der Waals surface area contributed by atoms with Crippen molar-refractivity contribution in [3.05, 3.63) is 11.9 Å². The average molecular weight is 248 g/mol. The molecule has 1 aromatic rings. The zero-order valence-electron chi connectivity index (χ0n) is 11.4. The molecule has 0 saturated heterocycles. The number of hydrogen-bond acceptors (Lipinski definition) is 4. The van der Waals surface area contributed by atoms with E-state index in [2.05, 4.69) is 29.1 Å². The highest BCUT2D eigenvalue weighted by atomic mass is 15.0. The molecular weight excluding hydrogens is 224 g/mol. The summed E-state index contributed by atoms with van der Waals surface area (Å²) in [6.07, 6.45) is 7.57. The molecule has 0 aliphatic heterocycles. The molecule has 0 amide bonds. The summed E-state index contributed by atoms with van der Waals surface area (Å²) in [6.45, 7) is 5.50. The third-order valence-corrected chi connectivity index (χ3v) is 3.84. The molecule has 1 aliphatic carbocycles. The second-order valence-corrected chi connectivity index (χ2v) is 5.50. The van der Waals surface area contributed by atoms with E-state index in [1.54, 1.807) is 6.33 Å². The Balaban J connectivity index is 1.98. The number of hydrogen-bond donors (Lipinski definition) is 2. The zero-order valence-corrected chi connectivity index (χ0v) is 11.4. The summed E-state index contributed by atoms with van der Waals surface area (Å²) < 4.78 is 0. The van der Waals surface area contributed by atoms with Crippen LogP contribution in [0.15, 0.2) is 6.33 Å². The van der Waals surface area contributed by atoms with Gasteiger partial charge in [0.25, 0.3) is 0 Å². The topological polar surface area (TPSA) is 63.8 Å². The quantitative estimate of drug-likeness (QED) is 0.841. The third-order valence-electron chi connectivity index (χ3n) is 3.84. The lowest BCUT2D eigenvalue weighted by Gasteiger charge is -2.15. The molecule has 100 valence electrons. The third kappa shape index (κ3) is 3.12. The van der Waals surface area contributed by atoms with E-state index in [1.165, 1.54) is 19.3 Å². The first kappa shape index (κ1) is 13.1. The molecule has 4 nitrogen and oxygen atoms in total. The van der Waals surface area contributed by atoms with Crippen LogP contribution in [0.4, 0.5) is 11.6 Å². The maximum absolute atomic E-state index is 5.92. The highest BCUT2D eigenvalue weighted by Gasteiger charge is 2.21. The fourth-order valence-corrected chi connectivity index (χ4v) is 2.83. The first-order valence-corrected chi connectivity index (χ1v) is 7.04. The van der Waals surface area contributed by atoms with Crippen LogP contribution in [0.1, 0.15) is 45.1 Å². The molecule has 2 rings (SSSR count). The van der Waals surface area contributed by atoms with Gasteiger partial charge in [0.05, 0.1) is 0 Å². The molecule has 0 bridgehead atoms. The Hall–Kier alpha value is -1.32. The minimum absolute atomic E-state index is 0.620. The summed E-state index contributed by atoms with van der Waals surface area (Å²) >= 11 is 0. The lowest BCUT2D eigenvalue weighted by molar-refractivity contribution is 0.536. The SMILES string of the molecule is CCCc1c(N)ncnc1NCC1CCC(C)C1. The lowest BCUT2D eigenvalue weighted by atomic mass is 10.1. The molecule has 2 atom stereocenters. The zero-order chi connectivity index (χ0) is 13.0. The average Bonchev–Trinajstić information content (AvgIpc) is 2.76. The van der Waals surface area contributed by atoms with Crippen molar-refractivity contribution in [2.45, 2.75) is 46.0 Å². The van der Waals surface area contributed by atoms with Crippen molar-refractivity contribution in [1.82, 2.24) is 9.97 Å². The summed E-state index contributed by atoms with van der Waals surface area (Å²) in [5, 5.41) is 3.47. The van der Waals surface area contributed by atoms with Gasteiger partial charge in [-0.1, -0.05) is 26.7 Å². The Morgan fingerprint density at radius 3 is 2.89 bits per heavy atom. The van der Waals surface area contributed by atoms with Crippen molar-refractivity contribution >= 4 is 11.6 Å². The van der Waals surface area contributed by atoms with Crippen LogP contribution in [0.25, 0.3) is 0 Å². The van der Waals surface area contributed by atoms with Crippen LogP contribution in [0.3, 0.4) is 0 Å². The van der Waals surface area contributed by atoms with Crippen molar-refractivity contribution in [2.24, 2.45) is 11.8 Å². The number of nitrogens with two attached hydrogens (primary N) is 1. The molecule has 0 spiro atoms. The second kappa shape index (κ2) is 6.03. The van der Waals surface area contributed by atoms with E-state index in [9.17, 15) is 0 Å². The van der Waals surface area contributed by atoms with E-state index in [1.807, 2.05) is 0 Å². The second-order valence-electron chi connectivity index (χ2n) is 5.50. The molecule has 1 aliphatic rings. The first-order valence-electron chi connectivity index (χ1n) is 7.04. The molecule has 0 radical (unpaired) electrons. The van der Waals surface area contributed by atoms with Crippen LogP contribution in [0, 0.1) is 11.8 Å². The largest absolute Gasteiger partial charge is 0.383 e. The van der Waals surface area contributed by atoms with Gasteiger partial charge >= 0.3 is 0 Å². The first-order chi connectivity index (χ1) is 8.70. The van der Waals surface area contributed by atoms with E-state index in [0.29, 0.717) is 5.82 Å². The Bertz CT molecular complexity index is 391. The van der Waals surface area contributed by atoms with E-state index in [0.717, 1.165) is 42.6 Å². The van der Waals surface area contributed by atoms with Gasteiger partial charge in [0.1, 0.15) is 18.0 Å². The predicted molar refractivity (Wildman–Crippen MR) is 75.4 cm³/mol. The van der Waals surface area contributed by atoms with Crippen molar-refractivity contribution in [3.8, 4) is 0 Å². The Morgan fingerprint density at radius 2 is 2.22 bits per heavy atom. The van der Waals surface area contributed by atoms with Crippen LogP contribution in [-0.2, 0) is 6.42 Å². The number of aromatic nitrogens is 2. The van der Waals surface area contributed by atoms with Gasteiger partial charge in [0.15, 0.2) is 0 Å². The van der Waals surface area contributed by atoms with Crippen LogP contribution in [0.5, 0.6) is 0 Å². The summed E-state index contributed by atoms with van der Waals surface area (Å²) in [7, 11) is 0. The van der Waals surface area contributed by atoms with Crippen LogP contribution in [0.2, 0.25) is 0 Å². The molecule has 3 N–H and O–H groups in total. The Morgan fingerprint density at radius 1 is 1.39 bits per heavy atom. The van der Waals surface area contributed by atoms with Crippen LogP contribution < -0.4 is 11.1 Å². The molecule has 0 aromatic carbocycles. The number of rotatable bonds is 5. The number of nitrogen functional groups attached to an aromatic ring is 1. The highest BCUT2D eigenvalue weighted by Crippen LogP contribution is 2.30. The van der Waals surface area contributed by atoms with Crippen molar-refractivity contribution in [2.75, 3.05) is 17.6 Å². The molecule has 2 unspecified atom stereocenters. The van der Waals surface area contributed by atoms with E-state index < -0.39 is 0 Å². The lowest BCUT2D eigenvalue weighted by Crippen LogP contribution is -2.15. The van der Waals surface area contributed by atoms with Gasteiger partial charge in [-0.05, 0) is 31.1 Å². The van der Waals surface area contributed by atoms with Crippen LogP contribution in [-0.4, -0.2) is 16.5 Å². The van der Waals surface area contributed by atoms with E-state index in [4.69, 9.17) is 5.73 Å². The Kier molecular flexibility index (Phi) is 4.39. The van der Waals surface area contributed by atoms with Gasteiger partial charge in [0, 0.05) is 12.1 Å². The minimum atomic E-state index is 0.620. The summed E-state index contributed by atoms with van der Waals surface area (Å²) in [5.41, 5.74) is 7.00. The fraction of sp³-hybridized carbons (Fsp3) is 0.714. The molecule has 4 heteroatoms. The molecule has 1 saturated carbocycles. The van der Waals surface area contributed by atoms with Gasteiger partial charge < -0.3 is 11.1 Å². The minimum Gasteiger partial charge on any atom is -0.383 e. The fourth-order valence-electron chi connectivity index (χ4n) is 2.83. The highest BCUT2D eigenvalue weighted by molar-refractivity contribution is 5.54. The summed E-state index contributed by atoms with van der Waals surface area (Å²) in [4.78, 5) is 8.41. The molecular formula is C14H24N4. The normalized spacial score (nSPS) is 23.2. The molecule has 18 heavy (non-hydrogen) atoms. The monoisotopic (exact) mass is 248 g/mol. The van der Waals surface area contributed by atoms with Gasteiger partial charge in [-0.3, -0.25) is 0 Å². The van der Waals surface area contributed by atoms with Gasteiger partial charge in [-0.15, -0.1) is 0 Å². The van der Waals surface area contributed by atoms with Crippen molar-refractivity contribution in [3.63, 3.8) is 0 Å². The van der Waals surface area contributed by atoms with Gasteiger partial charge in [-0.2, -0.15) is 0 Å². The van der Waals surface area contributed by atoms with E-state index >= 15 is 0 Å². The maximum Gasteiger partial charge on any atom is 0.134 e. The molecule has 1 aromatic heterocycles. The van der Waals surface area contributed by atoms with Crippen molar-refractivity contribution in [1.29, 1.82) is 0 Å². The van der Waals surface area contributed by atoms with Crippen molar-refractivity contribution < 1.29 is 0 Å².